The normalized spacial score (nSPS) is 11.8. The highest BCUT2D eigenvalue weighted by molar-refractivity contribution is 7.91. The minimum absolute atomic E-state index is 0.00582. The number of nitrogens with one attached hydrogen (secondary N) is 2. The Bertz CT molecular complexity index is 1460. The third-order valence-electron chi connectivity index (χ3n) is 4.91. The van der Waals surface area contributed by atoms with E-state index in [1.165, 1.54) is 55.5 Å². The Morgan fingerprint density at radius 3 is 1.67 bits per heavy atom. The van der Waals surface area contributed by atoms with Crippen molar-refractivity contribution in [1.82, 2.24) is 9.97 Å². The molecular formula is C21H23N5O8S2. The molecule has 1 aromatic heterocycles. The van der Waals surface area contributed by atoms with Gasteiger partial charge in [-0.2, -0.15) is 4.98 Å². The molecule has 1 heterocycles. The fourth-order valence-electron chi connectivity index (χ4n) is 3.16. The van der Waals surface area contributed by atoms with E-state index in [0.717, 1.165) is 0 Å². The van der Waals surface area contributed by atoms with Crippen molar-refractivity contribution in [2.45, 2.75) is 16.7 Å². The smallest absolute Gasteiger partial charge is 0.332 e. The summed E-state index contributed by atoms with van der Waals surface area (Å²) in [6, 6.07) is 11.0. The third kappa shape index (κ3) is 6.31. The summed E-state index contributed by atoms with van der Waals surface area (Å²) >= 11 is 0. The molecule has 0 aliphatic carbocycles. The first-order valence-electron chi connectivity index (χ1n) is 10.4. The average molecular weight is 538 g/mol. The first kappa shape index (κ1) is 26.9. The Morgan fingerprint density at radius 1 is 0.806 bits per heavy atom. The molecular weight excluding hydrogens is 514 g/mol. The minimum atomic E-state index is -3.66. The predicted molar refractivity (Wildman–Crippen MR) is 131 cm³/mol. The molecule has 13 nitrogen and oxygen atoms in total. The molecule has 0 atom stereocenters. The Kier molecular flexibility index (Phi) is 8.19. The second-order valence-electron chi connectivity index (χ2n) is 7.47. The van der Waals surface area contributed by atoms with E-state index in [1.807, 2.05) is 0 Å². The van der Waals surface area contributed by atoms with E-state index in [-0.39, 0.29) is 32.9 Å². The van der Waals surface area contributed by atoms with Crippen LogP contribution in [-0.4, -0.2) is 66.7 Å². The van der Waals surface area contributed by atoms with Gasteiger partial charge in [0.05, 0.1) is 39.4 Å². The summed E-state index contributed by atoms with van der Waals surface area (Å²) in [5.41, 5.74) is 0.395. The summed E-state index contributed by atoms with van der Waals surface area (Å²) in [6.45, 7) is 0.395. The number of nitro groups is 1. The Labute approximate surface area is 206 Å². The second kappa shape index (κ2) is 10.9. The van der Waals surface area contributed by atoms with Crippen molar-refractivity contribution >= 4 is 48.5 Å². The summed E-state index contributed by atoms with van der Waals surface area (Å²) < 4.78 is 48.3. The van der Waals surface area contributed by atoms with Gasteiger partial charge in [-0.25, -0.2) is 21.8 Å². The zero-order chi connectivity index (χ0) is 26.5. The molecule has 0 aliphatic rings. The van der Waals surface area contributed by atoms with Gasteiger partial charge in [-0.3, -0.25) is 10.1 Å². The predicted octanol–water partition coefficient (Wildman–Crippen LogP) is 1.71. The van der Waals surface area contributed by atoms with Crippen LogP contribution in [0.25, 0.3) is 0 Å². The van der Waals surface area contributed by atoms with Crippen molar-refractivity contribution < 1.29 is 32.0 Å². The minimum Gasteiger partial charge on any atom is -0.395 e. The number of sulfone groups is 2. The van der Waals surface area contributed by atoms with E-state index in [2.05, 4.69) is 20.6 Å². The lowest BCUT2D eigenvalue weighted by Crippen LogP contribution is -2.10. The molecule has 0 aliphatic heterocycles. The lowest BCUT2D eigenvalue weighted by Gasteiger charge is -2.12. The molecule has 3 rings (SSSR count). The molecule has 0 saturated carbocycles. The number of aliphatic hydroxyl groups excluding tert-OH is 2. The van der Waals surface area contributed by atoms with E-state index in [4.69, 9.17) is 10.2 Å². The number of rotatable bonds is 11. The van der Waals surface area contributed by atoms with E-state index in [9.17, 15) is 26.9 Å². The Balaban J connectivity index is 1.89. The van der Waals surface area contributed by atoms with Crippen molar-refractivity contribution in [2.24, 2.45) is 0 Å². The van der Waals surface area contributed by atoms with Crippen LogP contribution in [0.4, 0.5) is 28.8 Å². The lowest BCUT2D eigenvalue weighted by molar-refractivity contribution is -0.385. The Morgan fingerprint density at radius 2 is 1.25 bits per heavy atom. The van der Waals surface area contributed by atoms with Crippen LogP contribution in [0.15, 0.2) is 58.3 Å². The van der Waals surface area contributed by atoms with Crippen molar-refractivity contribution in [3.05, 3.63) is 64.3 Å². The summed E-state index contributed by atoms with van der Waals surface area (Å²) in [5, 5.41) is 35.1. The number of aliphatic hydroxyl groups is 2. The largest absolute Gasteiger partial charge is 0.395 e. The van der Waals surface area contributed by atoms with Gasteiger partial charge in [0.15, 0.2) is 19.7 Å². The van der Waals surface area contributed by atoms with Gasteiger partial charge in [0.1, 0.15) is 5.69 Å². The van der Waals surface area contributed by atoms with Crippen LogP contribution in [0.1, 0.15) is 5.69 Å². The monoisotopic (exact) mass is 537 g/mol. The topological polar surface area (TPSA) is 202 Å². The second-order valence-corrected chi connectivity index (χ2v) is 11.7. The van der Waals surface area contributed by atoms with Gasteiger partial charge in [0, 0.05) is 11.4 Å². The van der Waals surface area contributed by atoms with Crippen molar-refractivity contribution in [3.63, 3.8) is 0 Å². The molecule has 0 fully saturated rings. The van der Waals surface area contributed by atoms with Gasteiger partial charge in [-0.1, -0.05) is 0 Å². The summed E-state index contributed by atoms with van der Waals surface area (Å²) in [5.74, 6) is -0.995. The number of hydrogen-bond donors (Lipinski definition) is 4. The van der Waals surface area contributed by atoms with Crippen molar-refractivity contribution in [2.75, 3.05) is 35.4 Å². The number of nitrogens with zero attached hydrogens (tertiary/aromatic N) is 3. The van der Waals surface area contributed by atoms with Crippen LogP contribution in [0.5, 0.6) is 0 Å². The van der Waals surface area contributed by atoms with Crippen molar-refractivity contribution in [3.8, 4) is 0 Å². The lowest BCUT2D eigenvalue weighted by atomic mass is 10.3. The van der Waals surface area contributed by atoms with Crippen molar-refractivity contribution in [1.29, 1.82) is 0 Å². The van der Waals surface area contributed by atoms with E-state index >= 15 is 0 Å². The molecule has 0 saturated heterocycles. The molecule has 2 aromatic carbocycles. The van der Waals surface area contributed by atoms with E-state index < -0.39 is 49.3 Å². The highest BCUT2D eigenvalue weighted by Gasteiger charge is 2.23. The number of anilines is 4. The van der Waals surface area contributed by atoms with Crippen LogP contribution in [0, 0.1) is 17.0 Å². The standard InChI is InChI=1S/C21H23N5O8S2/c1-14-19(26(29)30)20(23-15-2-6-17(7-3-15)35(31,32)12-10-27)25-21(22-14)24-16-4-8-18(9-5-16)36(33,34)13-11-28/h2-9,27-28H,10-13H2,1H3,(H2,22,23,24,25). The van der Waals surface area contributed by atoms with Crippen LogP contribution in [-0.2, 0) is 19.7 Å². The fourth-order valence-corrected chi connectivity index (χ4v) is 5.22. The van der Waals surface area contributed by atoms with E-state index in [0.29, 0.717) is 11.4 Å². The number of hydrogen-bond acceptors (Lipinski definition) is 12. The van der Waals surface area contributed by atoms with Gasteiger partial charge in [-0.05, 0) is 55.5 Å². The highest BCUT2D eigenvalue weighted by atomic mass is 32.2. The SMILES string of the molecule is Cc1nc(Nc2ccc(S(=O)(=O)CCO)cc2)nc(Nc2ccc(S(=O)(=O)CCO)cc2)c1[N+](=O)[O-]. The molecule has 15 heteroatoms. The molecule has 192 valence electrons. The molecule has 0 unspecified atom stereocenters. The van der Waals surface area contributed by atoms with Crippen LogP contribution in [0.3, 0.4) is 0 Å². The molecule has 4 N–H and O–H groups in total. The quantitative estimate of drug-likeness (QED) is 0.204. The first-order chi connectivity index (χ1) is 17.0. The van der Waals surface area contributed by atoms with Crippen LogP contribution in [0.2, 0.25) is 0 Å². The molecule has 0 radical (unpaired) electrons. The maximum absolute atomic E-state index is 12.1. The molecule has 0 spiro atoms. The first-order valence-corrected chi connectivity index (χ1v) is 13.7. The molecule has 36 heavy (non-hydrogen) atoms. The zero-order valence-electron chi connectivity index (χ0n) is 18.9. The number of aromatic nitrogens is 2. The average Bonchev–Trinajstić information content (AvgIpc) is 2.79. The van der Waals surface area contributed by atoms with Gasteiger partial charge >= 0.3 is 5.69 Å². The highest BCUT2D eigenvalue weighted by Crippen LogP contribution is 2.30. The molecule has 0 amide bonds. The fraction of sp³-hybridized carbons (Fsp3) is 0.238. The van der Waals surface area contributed by atoms with E-state index in [1.54, 1.807) is 0 Å². The van der Waals surface area contributed by atoms with Crippen LogP contribution >= 0.6 is 0 Å². The maximum Gasteiger partial charge on any atom is 0.332 e. The van der Waals surface area contributed by atoms with Gasteiger partial charge in [0.25, 0.3) is 0 Å². The zero-order valence-corrected chi connectivity index (χ0v) is 20.6. The van der Waals surface area contributed by atoms with Gasteiger partial charge in [-0.15, -0.1) is 0 Å². The van der Waals surface area contributed by atoms with Gasteiger partial charge in [0.2, 0.25) is 11.8 Å². The van der Waals surface area contributed by atoms with Crippen LogP contribution < -0.4 is 10.6 Å². The molecule has 0 bridgehead atoms. The summed E-state index contributed by atoms with van der Waals surface area (Å²) in [4.78, 5) is 19.3. The summed E-state index contributed by atoms with van der Waals surface area (Å²) in [7, 11) is -7.28. The number of benzene rings is 2. The molecule has 3 aromatic rings. The number of aryl methyl sites for hydroxylation is 1. The Hall–Kier alpha value is -3.66. The van der Waals surface area contributed by atoms with Gasteiger partial charge < -0.3 is 20.8 Å². The maximum atomic E-state index is 12.1. The summed E-state index contributed by atoms with van der Waals surface area (Å²) in [6.07, 6.45) is 0. The third-order valence-corrected chi connectivity index (χ3v) is 8.33.